The van der Waals surface area contributed by atoms with Crippen LogP contribution in [0.3, 0.4) is 0 Å². The molecule has 2 saturated heterocycles. The van der Waals surface area contributed by atoms with E-state index in [9.17, 15) is 23.7 Å². The second-order valence-corrected chi connectivity index (χ2v) is 10.7. The maximum Gasteiger partial charge on any atom is 0.247 e. The van der Waals surface area contributed by atoms with Gasteiger partial charge in [0.25, 0.3) is 0 Å². The van der Waals surface area contributed by atoms with Crippen LogP contribution in [0.5, 0.6) is 0 Å². The van der Waals surface area contributed by atoms with Crippen LogP contribution in [0.2, 0.25) is 0 Å². The van der Waals surface area contributed by atoms with Crippen molar-refractivity contribution in [2.24, 2.45) is 5.73 Å². The molecule has 0 saturated carbocycles. The Morgan fingerprint density at radius 2 is 1.80 bits per heavy atom. The number of nitrogens with two attached hydrogens (primary N) is 1. The van der Waals surface area contributed by atoms with Gasteiger partial charge in [0.1, 0.15) is 18.2 Å². The molecule has 2 aromatic carbocycles. The van der Waals surface area contributed by atoms with Crippen molar-refractivity contribution >= 4 is 15.9 Å². The summed E-state index contributed by atoms with van der Waals surface area (Å²) in [5.41, 5.74) is 5.68. The van der Waals surface area contributed by atoms with Crippen LogP contribution < -0.4 is 5.73 Å². The first-order valence-corrected chi connectivity index (χ1v) is 12.9. The lowest BCUT2D eigenvalue weighted by Crippen LogP contribution is -2.52. The molecule has 35 heavy (non-hydrogen) atoms. The number of carbonyl (C=O) groups excluding carboxylic acids is 1. The zero-order chi connectivity index (χ0) is 25.1. The predicted molar refractivity (Wildman–Crippen MR) is 128 cm³/mol. The third kappa shape index (κ3) is 4.93. The molecule has 2 heterocycles. The van der Waals surface area contributed by atoms with Gasteiger partial charge in [-0.05, 0) is 30.0 Å². The second kappa shape index (κ2) is 10.1. The number of ether oxygens (including phenoxy) is 1. The molecule has 0 radical (unpaired) electrons. The molecule has 9 nitrogen and oxygen atoms in total. The highest BCUT2D eigenvalue weighted by Gasteiger charge is 2.41. The number of nitriles is 2. The Morgan fingerprint density at radius 3 is 2.40 bits per heavy atom. The van der Waals surface area contributed by atoms with Crippen LogP contribution in [0.4, 0.5) is 0 Å². The largest absolute Gasteiger partial charge is 0.367 e. The third-order valence-electron chi connectivity index (χ3n) is 6.53. The van der Waals surface area contributed by atoms with Crippen LogP contribution in [0.1, 0.15) is 18.4 Å². The van der Waals surface area contributed by atoms with Gasteiger partial charge in [0.05, 0.1) is 4.90 Å². The van der Waals surface area contributed by atoms with Crippen LogP contribution in [0, 0.1) is 22.7 Å². The average Bonchev–Trinajstić information content (AvgIpc) is 3.09. The molecule has 182 valence electrons. The number of amides is 1. The van der Waals surface area contributed by atoms with Crippen molar-refractivity contribution in [1.29, 1.82) is 10.5 Å². The highest BCUT2D eigenvalue weighted by Crippen LogP contribution is 2.34. The lowest BCUT2D eigenvalue weighted by molar-refractivity contribution is -0.129. The topological polar surface area (TPSA) is 141 Å². The molecule has 1 amide bonds. The molecule has 2 aliphatic heterocycles. The standard InChI is InChI=1S/C25H27N5O4S/c26-17-25(18-27,29-10-5-13-34-22(16-29)24(28)31)15-19-8-9-21(20-6-2-1-3-7-20)23(14-19)35(32,33)30-11-4-12-30/h1-3,6-9,14,22H,4-5,10-13,15-16H2,(H2,28,31)/t22-/m0/s1. The quantitative estimate of drug-likeness (QED) is 0.618. The van der Waals surface area contributed by atoms with Crippen molar-refractivity contribution in [2.45, 2.75) is 35.8 Å². The maximum absolute atomic E-state index is 13.4. The summed E-state index contributed by atoms with van der Waals surface area (Å²) in [5, 5.41) is 20.2. The Bertz CT molecular complexity index is 1270. The smallest absolute Gasteiger partial charge is 0.247 e. The van der Waals surface area contributed by atoms with E-state index in [0.717, 1.165) is 12.0 Å². The van der Waals surface area contributed by atoms with Gasteiger partial charge in [-0.15, -0.1) is 0 Å². The van der Waals surface area contributed by atoms with E-state index in [0.29, 0.717) is 43.8 Å². The Morgan fingerprint density at radius 1 is 1.09 bits per heavy atom. The van der Waals surface area contributed by atoms with Gasteiger partial charge in [-0.1, -0.05) is 42.5 Å². The van der Waals surface area contributed by atoms with Gasteiger partial charge >= 0.3 is 0 Å². The molecule has 2 aliphatic rings. The number of primary amides is 1. The van der Waals surface area contributed by atoms with Gasteiger partial charge in [-0.2, -0.15) is 14.8 Å². The monoisotopic (exact) mass is 493 g/mol. The summed E-state index contributed by atoms with van der Waals surface area (Å²) in [6, 6.07) is 18.5. The lowest BCUT2D eigenvalue weighted by Gasteiger charge is -2.34. The van der Waals surface area contributed by atoms with E-state index in [4.69, 9.17) is 10.5 Å². The number of hydrogen-bond acceptors (Lipinski definition) is 7. The van der Waals surface area contributed by atoms with Gasteiger partial charge in [-0.3, -0.25) is 9.69 Å². The van der Waals surface area contributed by atoms with Gasteiger partial charge in [-0.25, -0.2) is 8.42 Å². The number of nitrogens with zero attached hydrogens (tertiary/aromatic N) is 4. The number of rotatable bonds is 7. The molecule has 0 unspecified atom stereocenters. The minimum Gasteiger partial charge on any atom is -0.367 e. The van der Waals surface area contributed by atoms with Gasteiger partial charge in [0.2, 0.25) is 21.5 Å². The first kappa shape index (κ1) is 24.8. The predicted octanol–water partition coefficient (Wildman–Crippen LogP) is 1.65. The Hall–Kier alpha value is -3.28. The Balaban J connectivity index is 1.75. The zero-order valence-electron chi connectivity index (χ0n) is 19.3. The first-order valence-electron chi connectivity index (χ1n) is 11.5. The van der Waals surface area contributed by atoms with Gasteiger partial charge < -0.3 is 10.5 Å². The normalized spacial score (nSPS) is 19.7. The van der Waals surface area contributed by atoms with Crippen molar-refractivity contribution in [2.75, 3.05) is 32.8 Å². The van der Waals surface area contributed by atoms with Crippen LogP contribution in [0.15, 0.2) is 53.4 Å². The van der Waals surface area contributed by atoms with Crippen LogP contribution in [0.25, 0.3) is 11.1 Å². The van der Waals surface area contributed by atoms with Crippen LogP contribution >= 0.6 is 0 Å². The summed E-state index contributed by atoms with van der Waals surface area (Å²) in [7, 11) is -3.75. The van der Waals surface area contributed by atoms with E-state index in [-0.39, 0.29) is 17.9 Å². The fraction of sp³-hybridized carbons (Fsp3) is 0.400. The van der Waals surface area contributed by atoms with Gasteiger partial charge in [0.15, 0.2) is 0 Å². The van der Waals surface area contributed by atoms with E-state index >= 15 is 0 Å². The summed E-state index contributed by atoms with van der Waals surface area (Å²) in [4.78, 5) is 13.5. The molecule has 0 bridgehead atoms. The average molecular weight is 494 g/mol. The van der Waals surface area contributed by atoms with Crippen molar-refractivity contribution < 1.29 is 17.9 Å². The Labute approximate surface area is 205 Å². The second-order valence-electron chi connectivity index (χ2n) is 8.78. The fourth-order valence-electron chi connectivity index (χ4n) is 4.41. The molecule has 2 aromatic rings. The van der Waals surface area contributed by atoms with Crippen molar-refractivity contribution in [3.05, 3.63) is 54.1 Å². The maximum atomic E-state index is 13.4. The number of benzene rings is 2. The molecule has 0 aromatic heterocycles. The minimum absolute atomic E-state index is 0.0114. The van der Waals surface area contributed by atoms with E-state index < -0.39 is 27.6 Å². The summed E-state index contributed by atoms with van der Waals surface area (Å²) in [5.74, 6) is -0.656. The number of carbonyl (C=O) groups is 1. The summed E-state index contributed by atoms with van der Waals surface area (Å²) >= 11 is 0. The highest BCUT2D eigenvalue weighted by molar-refractivity contribution is 7.89. The molecule has 0 spiro atoms. The Kier molecular flexibility index (Phi) is 7.20. The van der Waals surface area contributed by atoms with Gasteiger partial charge in [0, 0.05) is 44.8 Å². The molecule has 0 aliphatic carbocycles. The zero-order valence-corrected chi connectivity index (χ0v) is 20.1. The van der Waals surface area contributed by atoms with Crippen molar-refractivity contribution in [3.63, 3.8) is 0 Å². The number of sulfonamides is 1. The molecule has 10 heteroatoms. The summed E-state index contributed by atoms with van der Waals surface area (Å²) < 4.78 is 33.8. The van der Waals surface area contributed by atoms with Crippen molar-refractivity contribution in [1.82, 2.24) is 9.21 Å². The molecular weight excluding hydrogens is 466 g/mol. The molecular formula is C25H27N5O4S. The lowest BCUT2D eigenvalue weighted by atomic mass is 9.90. The summed E-state index contributed by atoms with van der Waals surface area (Å²) in [6.07, 6.45) is 0.365. The van der Waals surface area contributed by atoms with E-state index in [1.165, 1.54) is 4.31 Å². The van der Waals surface area contributed by atoms with Crippen LogP contribution in [-0.4, -0.2) is 68.0 Å². The minimum atomic E-state index is -3.75. The van der Waals surface area contributed by atoms with Crippen molar-refractivity contribution in [3.8, 4) is 23.3 Å². The highest BCUT2D eigenvalue weighted by atomic mass is 32.2. The third-order valence-corrected chi connectivity index (χ3v) is 8.47. The van der Waals surface area contributed by atoms with E-state index in [2.05, 4.69) is 12.1 Å². The molecule has 2 N–H and O–H groups in total. The molecule has 2 fully saturated rings. The SMILES string of the molecule is N#CC(C#N)(Cc1ccc(-c2ccccc2)c(S(=O)(=O)N2CCC2)c1)N1CCCO[C@H](C(N)=O)C1. The van der Waals surface area contributed by atoms with E-state index in [1.54, 1.807) is 23.1 Å². The fourth-order valence-corrected chi connectivity index (χ4v) is 6.19. The number of hydrogen-bond donors (Lipinski definition) is 1. The van der Waals surface area contributed by atoms with E-state index in [1.807, 2.05) is 30.3 Å². The molecule has 4 rings (SSSR count). The first-order chi connectivity index (χ1) is 16.8. The molecule has 1 atom stereocenters. The summed E-state index contributed by atoms with van der Waals surface area (Å²) in [6.45, 7) is 1.59. The van der Waals surface area contributed by atoms with Crippen LogP contribution in [-0.2, 0) is 26.0 Å².